The van der Waals surface area contributed by atoms with E-state index in [1.165, 1.54) is 14.6 Å². The van der Waals surface area contributed by atoms with Crippen molar-refractivity contribution >= 4 is 39.2 Å². The fraction of sp³-hybridized carbons (Fsp3) is 0.438. The van der Waals surface area contributed by atoms with Crippen molar-refractivity contribution in [1.82, 2.24) is 9.88 Å². The highest BCUT2D eigenvalue weighted by Crippen LogP contribution is 2.23. The Labute approximate surface area is 134 Å². The summed E-state index contributed by atoms with van der Waals surface area (Å²) in [5.74, 6) is 0. The second-order valence-electron chi connectivity index (χ2n) is 5.05. The monoisotopic (exact) mass is 383 g/mol. The highest BCUT2D eigenvalue weighted by molar-refractivity contribution is 14.1. The highest BCUT2D eigenvalue weighted by atomic mass is 127. The highest BCUT2D eigenvalue weighted by Gasteiger charge is 2.09. The standard InChI is InChI=1S/C16H22IN3/c1-4-20(5-2)11-12(3)19-15-8-9-18-16-10-13(17)6-7-14(15)16/h6-10,12H,4-5,11H2,1-3H3,(H,18,19)/t12-/m1/s1. The molecule has 1 N–H and O–H groups in total. The van der Waals surface area contributed by atoms with Gasteiger partial charge in [-0.3, -0.25) is 4.98 Å². The predicted octanol–water partition coefficient (Wildman–Crippen LogP) is 3.98. The molecule has 0 spiro atoms. The number of aromatic nitrogens is 1. The van der Waals surface area contributed by atoms with Crippen LogP contribution in [0.15, 0.2) is 30.5 Å². The van der Waals surface area contributed by atoms with E-state index in [4.69, 9.17) is 0 Å². The Morgan fingerprint density at radius 2 is 2.00 bits per heavy atom. The van der Waals surface area contributed by atoms with Gasteiger partial charge in [-0.05, 0) is 66.9 Å². The number of nitrogens with one attached hydrogen (secondary N) is 1. The smallest absolute Gasteiger partial charge is 0.0733 e. The summed E-state index contributed by atoms with van der Waals surface area (Å²) < 4.78 is 1.22. The van der Waals surface area contributed by atoms with E-state index in [-0.39, 0.29) is 0 Å². The van der Waals surface area contributed by atoms with Crippen LogP contribution in [0.5, 0.6) is 0 Å². The van der Waals surface area contributed by atoms with E-state index in [1.807, 2.05) is 6.20 Å². The lowest BCUT2D eigenvalue weighted by Gasteiger charge is -2.24. The van der Waals surface area contributed by atoms with Gasteiger partial charge in [0, 0.05) is 33.4 Å². The predicted molar refractivity (Wildman–Crippen MR) is 95.3 cm³/mol. The van der Waals surface area contributed by atoms with Gasteiger partial charge < -0.3 is 10.2 Å². The molecule has 1 aromatic heterocycles. The average Bonchev–Trinajstić information content (AvgIpc) is 2.44. The van der Waals surface area contributed by atoms with Gasteiger partial charge in [-0.2, -0.15) is 0 Å². The molecule has 20 heavy (non-hydrogen) atoms. The minimum atomic E-state index is 0.416. The van der Waals surface area contributed by atoms with E-state index < -0.39 is 0 Å². The largest absolute Gasteiger partial charge is 0.381 e. The maximum absolute atomic E-state index is 4.45. The lowest BCUT2D eigenvalue weighted by atomic mass is 10.1. The number of benzene rings is 1. The van der Waals surface area contributed by atoms with E-state index in [0.717, 1.165) is 25.2 Å². The summed E-state index contributed by atoms with van der Waals surface area (Å²) in [7, 11) is 0. The summed E-state index contributed by atoms with van der Waals surface area (Å²) in [4.78, 5) is 6.88. The van der Waals surface area contributed by atoms with E-state index >= 15 is 0 Å². The van der Waals surface area contributed by atoms with Crippen molar-refractivity contribution in [2.75, 3.05) is 25.0 Å². The Morgan fingerprint density at radius 1 is 1.25 bits per heavy atom. The summed E-state index contributed by atoms with van der Waals surface area (Å²) in [6.45, 7) is 9.90. The molecule has 0 unspecified atom stereocenters. The molecule has 0 saturated heterocycles. The van der Waals surface area contributed by atoms with Gasteiger partial charge in [0.2, 0.25) is 0 Å². The molecule has 0 aliphatic heterocycles. The van der Waals surface area contributed by atoms with E-state index in [1.54, 1.807) is 0 Å². The van der Waals surface area contributed by atoms with E-state index in [9.17, 15) is 0 Å². The number of halogens is 1. The van der Waals surface area contributed by atoms with Crippen molar-refractivity contribution < 1.29 is 0 Å². The SMILES string of the molecule is CCN(CC)C[C@@H](C)Nc1ccnc2cc(I)ccc12. The molecule has 3 nitrogen and oxygen atoms in total. The normalized spacial score (nSPS) is 12.8. The minimum Gasteiger partial charge on any atom is -0.381 e. The van der Waals surface area contributed by atoms with Crippen LogP contribution >= 0.6 is 22.6 Å². The molecule has 2 aromatic rings. The van der Waals surface area contributed by atoms with Crippen LogP contribution in [0.4, 0.5) is 5.69 Å². The second-order valence-corrected chi connectivity index (χ2v) is 6.30. The van der Waals surface area contributed by atoms with E-state index in [2.05, 4.69) is 82.8 Å². The van der Waals surface area contributed by atoms with Crippen molar-refractivity contribution in [3.63, 3.8) is 0 Å². The first-order valence-corrected chi connectivity index (χ1v) is 8.25. The third-order valence-electron chi connectivity index (χ3n) is 3.53. The fourth-order valence-electron chi connectivity index (χ4n) is 2.43. The number of likely N-dealkylation sites (N-methyl/N-ethyl adjacent to an activating group) is 1. The van der Waals surface area contributed by atoms with Crippen molar-refractivity contribution in [3.05, 3.63) is 34.0 Å². The van der Waals surface area contributed by atoms with Gasteiger partial charge in [0.15, 0.2) is 0 Å². The molecule has 0 radical (unpaired) electrons. The first-order chi connectivity index (χ1) is 9.63. The van der Waals surface area contributed by atoms with Crippen LogP contribution in [0.1, 0.15) is 20.8 Å². The number of anilines is 1. The number of hydrogen-bond donors (Lipinski definition) is 1. The second kappa shape index (κ2) is 7.22. The van der Waals surface area contributed by atoms with Crippen molar-refractivity contribution in [2.45, 2.75) is 26.8 Å². The zero-order chi connectivity index (χ0) is 14.5. The summed E-state index contributed by atoms with van der Waals surface area (Å²) in [5, 5.41) is 4.81. The van der Waals surface area contributed by atoms with Gasteiger partial charge in [-0.15, -0.1) is 0 Å². The maximum atomic E-state index is 4.45. The summed E-state index contributed by atoms with van der Waals surface area (Å²) in [5.41, 5.74) is 2.22. The lowest BCUT2D eigenvalue weighted by Crippen LogP contribution is -2.34. The summed E-state index contributed by atoms with van der Waals surface area (Å²) >= 11 is 2.32. The molecule has 1 aromatic carbocycles. The molecular weight excluding hydrogens is 361 g/mol. The topological polar surface area (TPSA) is 28.2 Å². The number of hydrogen-bond acceptors (Lipinski definition) is 3. The molecule has 0 bridgehead atoms. The Kier molecular flexibility index (Phi) is 5.60. The van der Waals surface area contributed by atoms with Crippen LogP contribution in [-0.4, -0.2) is 35.6 Å². The molecule has 0 saturated carbocycles. The van der Waals surface area contributed by atoms with Gasteiger partial charge in [-0.1, -0.05) is 13.8 Å². The van der Waals surface area contributed by atoms with E-state index in [0.29, 0.717) is 6.04 Å². The minimum absolute atomic E-state index is 0.416. The zero-order valence-electron chi connectivity index (χ0n) is 12.4. The van der Waals surface area contributed by atoms with Crippen LogP contribution < -0.4 is 5.32 Å². The molecule has 4 heteroatoms. The summed E-state index contributed by atoms with van der Waals surface area (Å²) in [6, 6.07) is 8.88. The van der Waals surface area contributed by atoms with Gasteiger partial charge in [0.05, 0.1) is 5.52 Å². The van der Waals surface area contributed by atoms with Crippen molar-refractivity contribution in [3.8, 4) is 0 Å². The van der Waals surface area contributed by atoms with Crippen molar-refractivity contribution in [1.29, 1.82) is 0 Å². The van der Waals surface area contributed by atoms with Crippen LogP contribution in [0.2, 0.25) is 0 Å². The molecule has 0 fully saturated rings. The first kappa shape index (κ1) is 15.5. The number of fused-ring (bicyclic) bond motifs is 1. The van der Waals surface area contributed by atoms with Crippen LogP contribution in [0, 0.1) is 3.57 Å². The molecule has 0 aliphatic carbocycles. The number of rotatable bonds is 6. The fourth-order valence-corrected chi connectivity index (χ4v) is 2.90. The van der Waals surface area contributed by atoms with Crippen molar-refractivity contribution in [2.24, 2.45) is 0 Å². The lowest BCUT2D eigenvalue weighted by molar-refractivity contribution is 0.295. The third-order valence-corrected chi connectivity index (χ3v) is 4.20. The Bertz CT molecular complexity index is 567. The quantitative estimate of drug-likeness (QED) is 0.765. The van der Waals surface area contributed by atoms with Gasteiger partial charge in [0.25, 0.3) is 0 Å². The average molecular weight is 383 g/mol. The molecular formula is C16H22IN3. The Balaban J connectivity index is 2.17. The molecule has 2 rings (SSSR count). The molecule has 108 valence electrons. The van der Waals surface area contributed by atoms with Gasteiger partial charge in [0.1, 0.15) is 0 Å². The Hall–Kier alpha value is -0.880. The Morgan fingerprint density at radius 3 is 2.70 bits per heavy atom. The van der Waals surface area contributed by atoms with Crippen LogP contribution in [-0.2, 0) is 0 Å². The molecule has 1 heterocycles. The van der Waals surface area contributed by atoms with Gasteiger partial charge >= 0.3 is 0 Å². The molecule has 0 amide bonds. The van der Waals surface area contributed by atoms with Gasteiger partial charge in [-0.25, -0.2) is 0 Å². The number of nitrogens with zero attached hydrogens (tertiary/aromatic N) is 2. The van der Waals surface area contributed by atoms with Crippen LogP contribution in [0.3, 0.4) is 0 Å². The maximum Gasteiger partial charge on any atom is 0.0733 e. The summed E-state index contributed by atoms with van der Waals surface area (Å²) in [6.07, 6.45) is 1.88. The van der Waals surface area contributed by atoms with Crippen LogP contribution in [0.25, 0.3) is 10.9 Å². The molecule has 1 atom stereocenters. The molecule has 0 aliphatic rings. The zero-order valence-corrected chi connectivity index (χ0v) is 14.5. The third kappa shape index (κ3) is 3.82. The first-order valence-electron chi connectivity index (χ1n) is 7.17. The number of pyridine rings is 1.